The molecule has 0 radical (unpaired) electrons. The van der Waals surface area contributed by atoms with Crippen molar-refractivity contribution < 1.29 is 4.79 Å². The van der Waals surface area contributed by atoms with Crippen LogP contribution in [0, 0.1) is 11.3 Å². The van der Waals surface area contributed by atoms with E-state index in [4.69, 9.17) is 16.7 Å². The fourth-order valence-electron chi connectivity index (χ4n) is 0.735. The average Bonchev–Trinajstić information content (AvgIpc) is 2.64. The van der Waals surface area contributed by atoms with Crippen molar-refractivity contribution >= 4 is 5.91 Å². The second kappa shape index (κ2) is 2.36. The molecule has 4 heteroatoms. The highest BCUT2D eigenvalue weighted by molar-refractivity contribution is 5.96. The van der Waals surface area contributed by atoms with Crippen LogP contribution in [0.5, 0.6) is 0 Å². The van der Waals surface area contributed by atoms with Crippen molar-refractivity contribution in [3.05, 3.63) is 11.6 Å². The van der Waals surface area contributed by atoms with Gasteiger partial charge in [-0.05, 0) is 18.9 Å². The summed E-state index contributed by atoms with van der Waals surface area (Å²) in [5.41, 5.74) is 10.1. The summed E-state index contributed by atoms with van der Waals surface area (Å²) < 4.78 is 0. The normalized spacial score (nSPS) is 20.5. The first kappa shape index (κ1) is 7.76. The van der Waals surface area contributed by atoms with E-state index >= 15 is 0 Å². The van der Waals surface area contributed by atoms with Gasteiger partial charge in [0.05, 0.1) is 0 Å². The van der Waals surface area contributed by atoms with Crippen molar-refractivity contribution in [2.24, 2.45) is 11.5 Å². The number of primary amides is 1. The van der Waals surface area contributed by atoms with Gasteiger partial charge in [-0.15, -0.1) is 0 Å². The smallest absolute Gasteiger partial charge is 0.259 e. The number of nitriles is 1. The van der Waals surface area contributed by atoms with Gasteiger partial charge in [-0.2, -0.15) is 5.26 Å². The topological polar surface area (TPSA) is 92.9 Å². The van der Waals surface area contributed by atoms with E-state index in [1.54, 1.807) is 6.07 Å². The Morgan fingerprint density at radius 1 is 1.64 bits per heavy atom. The van der Waals surface area contributed by atoms with E-state index in [9.17, 15) is 4.79 Å². The van der Waals surface area contributed by atoms with Crippen molar-refractivity contribution in [3.8, 4) is 6.07 Å². The van der Waals surface area contributed by atoms with Crippen LogP contribution in [-0.4, -0.2) is 11.4 Å². The minimum absolute atomic E-state index is 0.0370. The summed E-state index contributed by atoms with van der Waals surface area (Å²) in [6.07, 6.45) is 3.10. The molecule has 0 aromatic carbocycles. The highest BCUT2D eigenvalue weighted by atomic mass is 16.1. The number of carbonyl (C=O) groups excluding carboxylic acids is 1. The summed E-state index contributed by atoms with van der Waals surface area (Å²) in [5, 5.41) is 8.41. The molecule has 0 bridgehead atoms. The van der Waals surface area contributed by atoms with Crippen molar-refractivity contribution in [2.45, 2.75) is 18.4 Å². The molecule has 1 aliphatic rings. The Kier molecular flexibility index (Phi) is 1.67. The molecule has 1 amide bonds. The average molecular weight is 151 g/mol. The molecule has 0 aliphatic heterocycles. The van der Waals surface area contributed by atoms with E-state index in [2.05, 4.69) is 0 Å². The lowest BCUT2D eigenvalue weighted by atomic mass is 10.1. The Balaban J connectivity index is 2.78. The first-order chi connectivity index (χ1) is 5.07. The molecule has 0 aromatic heterocycles. The molecule has 4 N–H and O–H groups in total. The Morgan fingerprint density at radius 3 is 2.45 bits per heavy atom. The van der Waals surface area contributed by atoms with Gasteiger partial charge < -0.3 is 11.5 Å². The number of hydrogen-bond acceptors (Lipinski definition) is 3. The van der Waals surface area contributed by atoms with E-state index in [0.717, 1.165) is 12.8 Å². The first-order valence-electron chi connectivity index (χ1n) is 3.29. The van der Waals surface area contributed by atoms with Crippen LogP contribution in [0.4, 0.5) is 0 Å². The van der Waals surface area contributed by atoms with Gasteiger partial charge in [-0.25, -0.2) is 0 Å². The summed E-state index contributed by atoms with van der Waals surface area (Å²) in [6, 6.07) is 1.70. The van der Waals surface area contributed by atoms with Crippen LogP contribution in [0.3, 0.4) is 0 Å². The molecule has 1 saturated carbocycles. The first-order valence-corrected chi connectivity index (χ1v) is 3.29. The molecule has 0 heterocycles. The number of rotatable bonds is 2. The maximum absolute atomic E-state index is 10.5. The van der Waals surface area contributed by atoms with Crippen LogP contribution < -0.4 is 11.5 Å². The predicted molar refractivity (Wildman–Crippen MR) is 39.0 cm³/mol. The largest absolute Gasteiger partial charge is 0.365 e. The SMILES string of the molecule is N#CC(=CC1(N)CC1)C(N)=O. The van der Waals surface area contributed by atoms with Crippen LogP contribution >= 0.6 is 0 Å². The molecule has 4 nitrogen and oxygen atoms in total. The van der Waals surface area contributed by atoms with E-state index < -0.39 is 11.4 Å². The Morgan fingerprint density at radius 2 is 2.18 bits per heavy atom. The van der Waals surface area contributed by atoms with Gasteiger partial charge in [0.25, 0.3) is 5.91 Å². The second-order valence-corrected chi connectivity index (χ2v) is 2.77. The van der Waals surface area contributed by atoms with E-state index in [-0.39, 0.29) is 5.57 Å². The summed E-state index contributed by atoms with van der Waals surface area (Å²) in [7, 11) is 0. The zero-order chi connectivity index (χ0) is 8.48. The fourth-order valence-corrected chi connectivity index (χ4v) is 0.735. The van der Waals surface area contributed by atoms with Crippen molar-refractivity contribution in [3.63, 3.8) is 0 Å². The number of amides is 1. The van der Waals surface area contributed by atoms with Crippen LogP contribution in [0.15, 0.2) is 11.6 Å². The molecule has 1 aliphatic carbocycles. The molecular formula is C7H9N3O. The van der Waals surface area contributed by atoms with Crippen LogP contribution in [0.1, 0.15) is 12.8 Å². The lowest BCUT2D eigenvalue weighted by Gasteiger charge is -1.99. The lowest BCUT2D eigenvalue weighted by molar-refractivity contribution is -0.114. The minimum atomic E-state index is -0.704. The molecule has 0 spiro atoms. The Bertz CT molecular complexity index is 257. The number of carbonyl (C=O) groups is 1. The zero-order valence-electron chi connectivity index (χ0n) is 6.00. The van der Waals surface area contributed by atoms with Crippen molar-refractivity contribution in [1.29, 1.82) is 5.26 Å². The molecule has 0 aromatic rings. The van der Waals surface area contributed by atoms with Crippen molar-refractivity contribution in [2.75, 3.05) is 0 Å². The van der Waals surface area contributed by atoms with Gasteiger partial charge in [-0.3, -0.25) is 4.79 Å². The third-order valence-electron chi connectivity index (χ3n) is 1.65. The third kappa shape index (κ3) is 1.79. The third-order valence-corrected chi connectivity index (χ3v) is 1.65. The Hall–Kier alpha value is -1.34. The van der Waals surface area contributed by atoms with E-state index in [1.165, 1.54) is 6.08 Å². The van der Waals surface area contributed by atoms with E-state index in [1.807, 2.05) is 0 Å². The van der Waals surface area contributed by atoms with Gasteiger partial charge in [0.1, 0.15) is 11.6 Å². The molecular weight excluding hydrogens is 142 g/mol. The number of nitrogens with zero attached hydrogens (tertiary/aromatic N) is 1. The van der Waals surface area contributed by atoms with Crippen LogP contribution in [0.25, 0.3) is 0 Å². The molecule has 1 fully saturated rings. The quantitative estimate of drug-likeness (QED) is 0.408. The van der Waals surface area contributed by atoms with Crippen LogP contribution in [0.2, 0.25) is 0 Å². The highest BCUT2D eigenvalue weighted by Gasteiger charge is 2.36. The monoisotopic (exact) mass is 151 g/mol. The predicted octanol–water partition coefficient (Wildman–Crippen LogP) is -0.587. The molecule has 58 valence electrons. The van der Waals surface area contributed by atoms with Gasteiger partial charge in [0, 0.05) is 5.54 Å². The zero-order valence-corrected chi connectivity index (χ0v) is 6.00. The standard InChI is InChI=1S/C7H9N3O/c8-4-5(6(9)11)3-7(10)1-2-7/h3H,1-2,10H2,(H2,9,11). The maximum Gasteiger partial charge on any atom is 0.259 e. The van der Waals surface area contributed by atoms with Gasteiger partial charge in [0.15, 0.2) is 0 Å². The van der Waals surface area contributed by atoms with Gasteiger partial charge in [-0.1, -0.05) is 0 Å². The molecule has 0 saturated heterocycles. The maximum atomic E-state index is 10.5. The van der Waals surface area contributed by atoms with Crippen LogP contribution in [-0.2, 0) is 4.79 Å². The molecule has 0 unspecified atom stereocenters. The fraction of sp³-hybridized carbons (Fsp3) is 0.429. The highest BCUT2D eigenvalue weighted by Crippen LogP contribution is 2.34. The summed E-state index contributed by atoms with van der Waals surface area (Å²) in [5.74, 6) is -0.704. The molecule has 11 heavy (non-hydrogen) atoms. The number of hydrogen-bond donors (Lipinski definition) is 2. The second-order valence-electron chi connectivity index (χ2n) is 2.77. The van der Waals surface area contributed by atoms with Gasteiger partial charge >= 0.3 is 0 Å². The Labute approximate surface area is 64.5 Å². The van der Waals surface area contributed by atoms with E-state index in [0.29, 0.717) is 0 Å². The summed E-state index contributed by atoms with van der Waals surface area (Å²) >= 11 is 0. The minimum Gasteiger partial charge on any atom is -0.365 e. The lowest BCUT2D eigenvalue weighted by Crippen LogP contribution is -2.22. The molecule has 1 rings (SSSR count). The van der Waals surface area contributed by atoms with Gasteiger partial charge in [0.2, 0.25) is 0 Å². The van der Waals surface area contributed by atoms with Crippen molar-refractivity contribution in [1.82, 2.24) is 0 Å². The molecule has 0 atom stereocenters. The summed E-state index contributed by atoms with van der Waals surface area (Å²) in [6.45, 7) is 0. The summed E-state index contributed by atoms with van der Waals surface area (Å²) in [4.78, 5) is 10.5. The number of nitrogens with two attached hydrogens (primary N) is 2.